The molecule has 1 rings (SSSR count). The zero-order chi connectivity index (χ0) is 11.6. The molecule has 16 heavy (non-hydrogen) atoms. The second kappa shape index (κ2) is 8.36. The molecule has 0 bridgehead atoms. The average molecular weight is 224 g/mol. The van der Waals surface area contributed by atoms with Crippen LogP contribution in [0.3, 0.4) is 0 Å². The van der Waals surface area contributed by atoms with Gasteiger partial charge in [-0.15, -0.1) is 0 Å². The molecule has 92 valence electrons. The van der Waals surface area contributed by atoms with Crippen molar-refractivity contribution in [2.75, 3.05) is 20.3 Å². The molecular weight excluding hydrogens is 200 g/mol. The van der Waals surface area contributed by atoms with Gasteiger partial charge in [-0.05, 0) is 37.9 Å². The number of aryl methyl sites for hydroxylation is 1. The molecule has 0 unspecified atom stereocenters. The molecule has 0 saturated heterocycles. The minimum Gasteiger partial charge on any atom is -0.385 e. The van der Waals surface area contributed by atoms with Crippen molar-refractivity contribution in [2.24, 2.45) is 0 Å². The first-order valence-corrected chi connectivity index (χ1v) is 6.22. The van der Waals surface area contributed by atoms with E-state index in [9.17, 15) is 0 Å². The Kier molecular flexibility index (Phi) is 6.93. The van der Waals surface area contributed by atoms with E-state index >= 15 is 0 Å². The SMILES string of the molecule is CCCNCc1cccn1CCCCOC. The van der Waals surface area contributed by atoms with Gasteiger partial charge >= 0.3 is 0 Å². The minimum atomic E-state index is 0.866. The molecule has 0 aliphatic carbocycles. The van der Waals surface area contributed by atoms with Crippen LogP contribution < -0.4 is 5.32 Å². The van der Waals surface area contributed by atoms with E-state index in [1.165, 1.54) is 18.5 Å². The van der Waals surface area contributed by atoms with Gasteiger partial charge in [0.25, 0.3) is 0 Å². The molecule has 1 heterocycles. The molecule has 1 aromatic rings. The molecule has 0 spiro atoms. The normalized spacial score (nSPS) is 10.9. The summed E-state index contributed by atoms with van der Waals surface area (Å²) in [6, 6.07) is 4.32. The summed E-state index contributed by atoms with van der Waals surface area (Å²) in [5, 5.41) is 3.43. The fourth-order valence-corrected chi connectivity index (χ4v) is 1.75. The second-order valence-electron chi connectivity index (χ2n) is 4.07. The van der Waals surface area contributed by atoms with Gasteiger partial charge in [-0.2, -0.15) is 0 Å². The summed E-state index contributed by atoms with van der Waals surface area (Å²) in [7, 11) is 1.76. The van der Waals surface area contributed by atoms with Gasteiger partial charge in [-0.1, -0.05) is 6.92 Å². The highest BCUT2D eigenvalue weighted by atomic mass is 16.5. The molecule has 0 saturated carbocycles. The Balaban J connectivity index is 2.26. The van der Waals surface area contributed by atoms with Gasteiger partial charge in [0.05, 0.1) is 0 Å². The number of nitrogens with zero attached hydrogens (tertiary/aromatic N) is 1. The van der Waals surface area contributed by atoms with E-state index < -0.39 is 0 Å². The molecule has 0 aliphatic heterocycles. The Hall–Kier alpha value is -0.800. The zero-order valence-electron chi connectivity index (χ0n) is 10.5. The first-order chi connectivity index (χ1) is 7.88. The van der Waals surface area contributed by atoms with Gasteiger partial charge in [0.15, 0.2) is 0 Å². The number of hydrogen-bond donors (Lipinski definition) is 1. The molecule has 0 radical (unpaired) electrons. The number of methoxy groups -OCH3 is 1. The van der Waals surface area contributed by atoms with Crippen LogP contribution in [-0.2, 0) is 17.8 Å². The summed E-state index contributed by atoms with van der Waals surface area (Å²) in [5.41, 5.74) is 1.38. The van der Waals surface area contributed by atoms with E-state index in [-0.39, 0.29) is 0 Å². The van der Waals surface area contributed by atoms with Crippen LogP contribution in [0.2, 0.25) is 0 Å². The van der Waals surface area contributed by atoms with E-state index in [0.29, 0.717) is 0 Å². The summed E-state index contributed by atoms with van der Waals surface area (Å²) >= 11 is 0. The fourth-order valence-electron chi connectivity index (χ4n) is 1.75. The standard InChI is InChI=1S/C13H24N2O/c1-3-8-14-12-13-7-6-10-15(13)9-4-5-11-16-2/h6-7,10,14H,3-5,8-9,11-12H2,1-2H3. The number of rotatable bonds is 9. The summed E-state index contributed by atoms with van der Waals surface area (Å²) in [6.07, 6.45) is 5.67. The average Bonchev–Trinajstić information content (AvgIpc) is 2.73. The van der Waals surface area contributed by atoms with Crippen LogP contribution in [0, 0.1) is 0 Å². The summed E-state index contributed by atoms with van der Waals surface area (Å²) in [6.45, 7) is 6.22. The highest BCUT2D eigenvalue weighted by molar-refractivity contribution is 5.06. The largest absolute Gasteiger partial charge is 0.385 e. The molecule has 0 aliphatic rings. The van der Waals surface area contributed by atoms with Crippen LogP contribution in [0.4, 0.5) is 0 Å². The lowest BCUT2D eigenvalue weighted by Crippen LogP contribution is -2.16. The van der Waals surface area contributed by atoms with Crippen LogP contribution in [0.15, 0.2) is 18.3 Å². The highest BCUT2D eigenvalue weighted by Gasteiger charge is 1.99. The molecule has 1 aromatic heterocycles. The van der Waals surface area contributed by atoms with Crippen molar-refractivity contribution in [1.82, 2.24) is 9.88 Å². The van der Waals surface area contributed by atoms with Crippen LogP contribution in [0.1, 0.15) is 31.9 Å². The maximum Gasteiger partial charge on any atom is 0.0462 e. The Morgan fingerprint density at radius 3 is 3.00 bits per heavy atom. The van der Waals surface area contributed by atoms with Crippen molar-refractivity contribution < 1.29 is 4.74 Å². The molecule has 0 amide bonds. The number of ether oxygens (including phenoxy) is 1. The van der Waals surface area contributed by atoms with Gasteiger partial charge in [0.2, 0.25) is 0 Å². The third-order valence-electron chi connectivity index (χ3n) is 2.65. The van der Waals surface area contributed by atoms with Crippen LogP contribution >= 0.6 is 0 Å². The Morgan fingerprint density at radius 1 is 1.38 bits per heavy atom. The molecule has 3 heteroatoms. The number of unbranched alkanes of at least 4 members (excludes halogenated alkanes) is 1. The van der Waals surface area contributed by atoms with Crippen molar-refractivity contribution >= 4 is 0 Å². The van der Waals surface area contributed by atoms with Crippen LogP contribution in [0.25, 0.3) is 0 Å². The summed E-state index contributed by atoms with van der Waals surface area (Å²) in [5.74, 6) is 0. The third kappa shape index (κ3) is 4.81. The Morgan fingerprint density at radius 2 is 2.25 bits per heavy atom. The topological polar surface area (TPSA) is 26.2 Å². The number of aromatic nitrogens is 1. The lowest BCUT2D eigenvalue weighted by molar-refractivity contribution is 0.191. The van der Waals surface area contributed by atoms with Crippen LogP contribution in [-0.4, -0.2) is 24.8 Å². The maximum atomic E-state index is 5.05. The lowest BCUT2D eigenvalue weighted by Gasteiger charge is -2.09. The van der Waals surface area contributed by atoms with Crippen molar-refractivity contribution in [3.8, 4) is 0 Å². The van der Waals surface area contributed by atoms with E-state index in [1.54, 1.807) is 7.11 Å². The molecule has 1 N–H and O–H groups in total. The summed E-state index contributed by atoms with van der Waals surface area (Å²) in [4.78, 5) is 0. The molecular formula is C13H24N2O. The first kappa shape index (κ1) is 13.3. The highest BCUT2D eigenvalue weighted by Crippen LogP contribution is 2.04. The quantitative estimate of drug-likeness (QED) is 0.652. The van der Waals surface area contributed by atoms with E-state index in [2.05, 4.69) is 35.1 Å². The van der Waals surface area contributed by atoms with Crippen molar-refractivity contribution in [3.63, 3.8) is 0 Å². The molecule has 3 nitrogen and oxygen atoms in total. The molecule has 0 aromatic carbocycles. The number of nitrogens with one attached hydrogen (secondary N) is 1. The van der Waals surface area contributed by atoms with Gasteiger partial charge in [-0.3, -0.25) is 0 Å². The Bertz CT molecular complexity index is 271. The summed E-state index contributed by atoms with van der Waals surface area (Å²) < 4.78 is 7.38. The van der Waals surface area contributed by atoms with Gasteiger partial charge in [-0.25, -0.2) is 0 Å². The third-order valence-corrected chi connectivity index (χ3v) is 2.65. The monoisotopic (exact) mass is 224 g/mol. The Labute approximate surface area is 98.8 Å². The second-order valence-corrected chi connectivity index (χ2v) is 4.07. The van der Waals surface area contributed by atoms with Crippen molar-refractivity contribution in [3.05, 3.63) is 24.0 Å². The molecule has 0 atom stereocenters. The van der Waals surface area contributed by atoms with Gasteiger partial charge < -0.3 is 14.6 Å². The van der Waals surface area contributed by atoms with E-state index in [0.717, 1.165) is 32.7 Å². The fraction of sp³-hybridized carbons (Fsp3) is 0.692. The number of hydrogen-bond acceptors (Lipinski definition) is 2. The first-order valence-electron chi connectivity index (χ1n) is 6.22. The smallest absolute Gasteiger partial charge is 0.0462 e. The van der Waals surface area contributed by atoms with Crippen molar-refractivity contribution in [1.29, 1.82) is 0 Å². The van der Waals surface area contributed by atoms with Gasteiger partial charge in [0.1, 0.15) is 0 Å². The van der Waals surface area contributed by atoms with Crippen LogP contribution in [0.5, 0.6) is 0 Å². The molecule has 0 fully saturated rings. The predicted octanol–water partition coefficient (Wildman–Crippen LogP) is 2.41. The zero-order valence-corrected chi connectivity index (χ0v) is 10.5. The maximum absolute atomic E-state index is 5.05. The predicted molar refractivity (Wildman–Crippen MR) is 67.5 cm³/mol. The lowest BCUT2D eigenvalue weighted by atomic mass is 10.3. The van der Waals surface area contributed by atoms with E-state index in [1.807, 2.05) is 0 Å². The van der Waals surface area contributed by atoms with E-state index in [4.69, 9.17) is 4.74 Å². The van der Waals surface area contributed by atoms with Gasteiger partial charge in [0, 0.05) is 38.7 Å². The minimum absolute atomic E-state index is 0.866. The van der Waals surface area contributed by atoms with Crippen molar-refractivity contribution in [2.45, 2.75) is 39.3 Å².